The SMILES string of the molecule is COC(=O)[C@H](CC1CCCCO1)NC(=O)OC(C)(C)C. The number of esters is 1. The molecule has 1 aliphatic heterocycles. The van der Waals surface area contributed by atoms with E-state index in [1.165, 1.54) is 7.11 Å². The molecular formula is C14H25NO5. The van der Waals surface area contributed by atoms with Crippen LogP contribution < -0.4 is 5.32 Å². The third-order valence-corrected chi connectivity index (χ3v) is 2.95. The third kappa shape index (κ3) is 6.23. The van der Waals surface area contributed by atoms with E-state index < -0.39 is 23.7 Å². The molecule has 1 heterocycles. The summed E-state index contributed by atoms with van der Waals surface area (Å²) in [4.78, 5) is 23.5. The van der Waals surface area contributed by atoms with Crippen molar-refractivity contribution in [2.45, 2.75) is 64.2 Å². The molecule has 0 radical (unpaired) electrons. The van der Waals surface area contributed by atoms with E-state index in [9.17, 15) is 9.59 Å². The summed E-state index contributed by atoms with van der Waals surface area (Å²) < 4.78 is 15.5. The zero-order chi connectivity index (χ0) is 15.2. The van der Waals surface area contributed by atoms with Crippen molar-refractivity contribution in [1.29, 1.82) is 0 Å². The van der Waals surface area contributed by atoms with E-state index in [1.807, 2.05) is 0 Å². The van der Waals surface area contributed by atoms with Gasteiger partial charge in [0.25, 0.3) is 0 Å². The predicted molar refractivity (Wildman–Crippen MR) is 73.4 cm³/mol. The molecule has 0 aromatic rings. The van der Waals surface area contributed by atoms with E-state index >= 15 is 0 Å². The molecule has 0 saturated carbocycles. The number of hydrogen-bond donors (Lipinski definition) is 1. The molecular weight excluding hydrogens is 262 g/mol. The Hall–Kier alpha value is -1.30. The van der Waals surface area contributed by atoms with E-state index in [0.717, 1.165) is 19.3 Å². The Bertz CT molecular complexity index is 331. The monoisotopic (exact) mass is 287 g/mol. The molecule has 1 unspecified atom stereocenters. The highest BCUT2D eigenvalue weighted by molar-refractivity contribution is 5.81. The number of carbonyl (C=O) groups excluding carboxylic acids is 2. The van der Waals surface area contributed by atoms with E-state index in [-0.39, 0.29) is 6.10 Å². The maximum Gasteiger partial charge on any atom is 0.408 e. The minimum absolute atomic E-state index is 0.0252. The van der Waals surface area contributed by atoms with Crippen molar-refractivity contribution in [2.24, 2.45) is 0 Å². The van der Waals surface area contributed by atoms with Crippen molar-refractivity contribution in [3.05, 3.63) is 0 Å². The van der Waals surface area contributed by atoms with E-state index in [1.54, 1.807) is 20.8 Å². The Balaban J connectivity index is 2.55. The van der Waals surface area contributed by atoms with Gasteiger partial charge in [-0.1, -0.05) is 0 Å². The Morgan fingerprint density at radius 2 is 2.05 bits per heavy atom. The molecule has 1 N–H and O–H groups in total. The fraction of sp³-hybridized carbons (Fsp3) is 0.857. The van der Waals surface area contributed by atoms with Gasteiger partial charge in [-0.2, -0.15) is 0 Å². The highest BCUT2D eigenvalue weighted by atomic mass is 16.6. The van der Waals surface area contributed by atoms with Gasteiger partial charge in [-0.3, -0.25) is 0 Å². The summed E-state index contributed by atoms with van der Waals surface area (Å²) in [5, 5.41) is 2.56. The quantitative estimate of drug-likeness (QED) is 0.801. The maximum absolute atomic E-state index is 11.7. The number of hydrogen-bond acceptors (Lipinski definition) is 5. The average molecular weight is 287 g/mol. The number of nitrogens with one attached hydrogen (secondary N) is 1. The van der Waals surface area contributed by atoms with Crippen LogP contribution in [0.1, 0.15) is 46.5 Å². The highest BCUT2D eigenvalue weighted by Gasteiger charge is 2.28. The molecule has 0 aromatic carbocycles. The second-order valence-corrected chi connectivity index (χ2v) is 5.95. The second kappa shape index (κ2) is 7.47. The standard InChI is InChI=1S/C14H25NO5/c1-14(2,3)20-13(17)15-11(12(16)18-4)9-10-7-5-6-8-19-10/h10-11H,5-9H2,1-4H3,(H,15,17)/t10?,11-/m0/s1. The first-order chi connectivity index (χ1) is 9.31. The van der Waals surface area contributed by atoms with E-state index in [0.29, 0.717) is 13.0 Å². The van der Waals surface area contributed by atoms with Gasteiger partial charge in [-0.25, -0.2) is 9.59 Å². The molecule has 1 aliphatic rings. The van der Waals surface area contributed by atoms with Crippen LogP contribution in [0.4, 0.5) is 4.79 Å². The van der Waals surface area contributed by atoms with Gasteiger partial charge >= 0.3 is 12.1 Å². The van der Waals surface area contributed by atoms with Crippen LogP contribution in [-0.4, -0.2) is 43.5 Å². The molecule has 1 rings (SSSR count). The fourth-order valence-electron chi connectivity index (χ4n) is 2.06. The molecule has 1 fully saturated rings. The van der Waals surface area contributed by atoms with Crippen molar-refractivity contribution in [1.82, 2.24) is 5.32 Å². The lowest BCUT2D eigenvalue weighted by atomic mass is 10.0. The summed E-state index contributed by atoms with van der Waals surface area (Å²) >= 11 is 0. The summed E-state index contributed by atoms with van der Waals surface area (Å²) in [5.41, 5.74) is -0.605. The molecule has 0 spiro atoms. The van der Waals surface area contributed by atoms with Crippen molar-refractivity contribution in [3.8, 4) is 0 Å². The van der Waals surface area contributed by atoms with Crippen LogP contribution >= 0.6 is 0 Å². The Morgan fingerprint density at radius 3 is 2.55 bits per heavy atom. The van der Waals surface area contributed by atoms with Gasteiger partial charge < -0.3 is 19.5 Å². The zero-order valence-corrected chi connectivity index (χ0v) is 12.7. The maximum atomic E-state index is 11.7. The lowest BCUT2D eigenvalue weighted by molar-refractivity contribution is -0.144. The van der Waals surface area contributed by atoms with Crippen molar-refractivity contribution >= 4 is 12.1 Å². The van der Waals surface area contributed by atoms with Crippen molar-refractivity contribution in [3.63, 3.8) is 0 Å². The number of amides is 1. The van der Waals surface area contributed by atoms with Gasteiger partial charge in [0, 0.05) is 13.0 Å². The summed E-state index contributed by atoms with van der Waals surface area (Å²) in [6, 6.07) is -0.738. The summed E-state index contributed by atoms with van der Waals surface area (Å²) in [6.45, 7) is 6.00. The van der Waals surface area contributed by atoms with Crippen LogP contribution in [0, 0.1) is 0 Å². The number of alkyl carbamates (subject to hydrolysis) is 1. The molecule has 20 heavy (non-hydrogen) atoms. The minimum atomic E-state index is -0.738. The lowest BCUT2D eigenvalue weighted by Crippen LogP contribution is -2.46. The Morgan fingerprint density at radius 1 is 1.35 bits per heavy atom. The van der Waals surface area contributed by atoms with Gasteiger partial charge in [-0.15, -0.1) is 0 Å². The van der Waals surface area contributed by atoms with Crippen LogP contribution in [0.5, 0.6) is 0 Å². The first-order valence-corrected chi connectivity index (χ1v) is 7.01. The van der Waals surface area contributed by atoms with Gasteiger partial charge in [0.1, 0.15) is 11.6 Å². The van der Waals surface area contributed by atoms with Crippen LogP contribution in [0.15, 0.2) is 0 Å². The zero-order valence-electron chi connectivity index (χ0n) is 12.7. The molecule has 6 heteroatoms. The largest absolute Gasteiger partial charge is 0.467 e. The van der Waals surface area contributed by atoms with E-state index in [2.05, 4.69) is 5.32 Å². The van der Waals surface area contributed by atoms with Crippen LogP contribution in [0.2, 0.25) is 0 Å². The van der Waals surface area contributed by atoms with Gasteiger partial charge in [-0.05, 0) is 40.0 Å². The predicted octanol–water partition coefficient (Wildman–Crippen LogP) is 2.01. The number of carbonyl (C=O) groups is 2. The molecule has 6 nitrogen and oxygen atoms in total. The molecule has 0 aromatic heterocycles. The molecule has 0 bridgehead atoms. The normalized spacial score (nSPS) is 20.9. The summed E-state index contributed by atoms with van der Waals surface area (Å²) in [5.74, 6) is -0.481. The Kier molecular flexibility index (Phi) is 6.26. The van der Waals surface area contributed by atoms with Gasteiger partial charge in [0.15, 0.2) is 0 Å². The molecule has 1 amide bonds. The Labute approximate surface area is 120 Å². The van der Waals surface area contributed by atoms with E-state index in [4.69, 9.17) is 14.2 Å². The summed E-state index contributed by atoms with van der Waals surface area (Å²) in [7, 11) is 1.30. The van der Waals surface area contributed by atoms with Crippen LogP contribution in [0.3, 0.4) is 0 Å². The topological polar surface area (TPSA) is 73.9 Å². The highest BCUT2D eigenvalue weighted by Crippen LogP contribution is 2.18. The van der Waals surface area contributed by atoms with Crippen LogP contribution in [0.25, 0.3) is 0 Å². The first kappa shape index (κ1) is 16.8. The van der Waals surface area contributed by atoms with Crippen LogP contribution in [-0.2, 0) is 19.0 Å². The minimum Gasteiger partial charge on any atom is -0.467 e. The number of rotatable bonds is 4. The number of ether oxygens (including phenoxy) is 3. The number of methoxy groups -OCH3 is 1. The van der Waals surface area contributed by atoms with Crippen molar-refractivity contribution < 1.29 is 23.8 Å². The first-order valence-electron chi connectivity index (χ1n) is 7.01. The van der Waals surface area contributed by atoms with Gasteiger partial charge in [0.05, 0.1) is 13.2 Å². The third-order valence-electron chi connectivity index (χ3n) is 2.95. The lowest BCUT2D eigenvalue weighted by Gasteiger charge is -2.27. The summed E-state index contributed by atoms with van der Waals surface area (Å²) in [6.07, 6.45) is 2.77. The molecule has 2 atom stereocenters. The van der Waals surface area contributed by atoms with Crippen molar-refractivity contribution in [2.75, 3.05) is 13.7 Å². The molecule has 116 valence electrons. The molecule has 1 saturated heterocycles. The van der Waals surface area contributed by atoms with Gasteiger partial charge in [0.2, 0.25) is 0 Å². The smallest absolute Gasteiger partial charge is 0.408 e. The fourth-order valence-corrected chi connectivity index (χ4v) is 2.06. The second-order valence-electron chi connectivity index (χ2n) is 5.95. The average Bonchev–Trinajstić information content (AvgIpc) is 2.36. The molecule has 0 aliphatic carbocycles.